The summed E-state index contributed by atoms with van der Waals surface area (Å²) in [5, 5.41) is 9.14. The summed E-state index contributed by atoms with van der Waals surface area (Å²) in [6, 6.07) is 5.27. The zero-order chi connectivity index (χ0) is 18.3. The Morgan fingerprint density at radius 2 is 1.71 bits per heavy atom. The number of nitrogens with one attached hydrogen (secondary N) is 2. The van der Waals surface area contributed by atoms with Gasteiger partial charge in [-0.1, -0.05) is 85.5 Å². The van der Waals surface area contributed by atoms with Gasteiger partial charge >= 0.3 is 0 Å². The van der Waals surface area contributed by atoms with Gasteiger partial charge in [0.1, 0.15) is 4.59 Å². The zero-order valence-electron chi connectivity index (χ0n) is 14.1. The van der Waals surface area contributed by atoms with E-state index in [4.69, 9.17) is 47.2 Å². The second-order valence-electron chi connectivity index (χ2n) is 5.34. The molecular formula is C15H23Cl2N2PS4. The minimum Gasteiger partial charge on any atom is -0.331 e. The molecule has 2 unspecified atom stereocenters. The first-order chi connectivity index (χ1) is 11.2. The van der Waals surface area contributed by atoms with Crippen molar-refractivity contribution in [1.82, 2.24) is 5.09 Å². The second kappa shape index (κ2) is 10.9. The third kappa shape index (κ3) is 8.03. The Bertz CT molecular complexity index is 599. The van der Waals surface area contributed by atoms with E-state index in [9.17, 15) is 0 Å². The zero-order valence-corrected chi connectivity index (χ0v) is 19.8. The summed E-state index contributed by atoms with van der Waals surface area (Å²) in [6.07, 6.45) is 2.16. The van der Waals surface area contributed by atoms with Gasteiger partial charge in [-0.2, -0.15) is 0 Å². The average molecular weight is 462 g/mol. The van der Waals surface area contributed by atoms with Gasteiger partial charge in [0, 0.05) is 15.5 Å². The Morgan fingerprint density at radius 3 is 2.17 bits per heavy atom. The maximum absolute atomic E-state index is 6.20. The molecule has 0 saturated heterocycles. The van der Waals surface area contributed by atoms with Crippen LogP contribution in [0.2, 0.25) is 10.0 Å². The first kappa shape index (κ1) is 22.9. The van der Waals surface area contributed by atoms with Crippen molar-refractivity contribution in [3.63, 3.8) is 0 Å². The molecular weight excluding hydrogens is 438 g/mol. The predicted molar refractivity (Wildman–Crippen MR) is 125 cm³/mol. The van der Waals surface area contributed by atoms with Gasteiger partial charge in [-0.3, -0.25) is 0 Å². The molecule has 2 nitrogen and oxygen atoms in total. The SMILES string of the molecule is CCC(C)SP(=S)(NC(=S)Nc1ccc(Cl)cc1Cl)SC(C)CC. The van der Waals surface area contributed by atoms with Crippen molar-refractivity contribution in [3.05, 3.63) is 28.2 Å². The van der Waals surface area contributed by atoms with E-state index in [2.05, 4.69) is 38.1 Å². The molecule has 0 radical (unpaired) electrons. The fourth-order valence-corrected chi connectivity index (χ4v) is 15.5. The molecule has 136 valence electrons. The molecule has 0 heterocycles. The molecule has 0 aliphatic heterocycles. The molecule has 0 bridgehead atoms. The van der Waals surface area contributed by atoms with E-state index in [0.717, 1.165) is 18.5 Å². The fourth-order valence-electron chi connectivity index (χ4n) is 1.57. The number of hydrogen-bond donors (Lipinski definition) is 2. The molecule has 1 rings (SSSR count). The number of halogens is 2. The van der Waals surface area contributed by atoms with Crippen LogP contribution in [-0.2, 0) is 11.8 Å². The standard InChI is InChI=1S/C15H23Cl2N2PS4/c1-5-10(3)23-20(22,24-11(4)6-2)19-15(21)18-14-8-7-12(16)9-13(14)17/h7-11H,5-6H2,1-4H3,(H2,18,19,21,22). The third-order valence-corrected chi connectivity index (χ3v) is 14.3. The van der Waals surface area contributed by atoms with Gasteiger partial charge in [0.05, 0.1) is 10.7 Å². The Kier molecular flexibility index (Phi) is 10.4. The van der Waals surface area contributed by atoms with Gasteiger partial charge in [0.15, 0.2) is 5.11 Å². The Labute approximate surface area is 174 Å². The minimum atomic E-state index is -1.94. The first-order valence-electron chi connectivity index (χ1n) is 7.70. The number of thiocarbonyl (C=S) groups is 1. The van der Waals surface area contributed by atoms with Crippen molar-refractivity contribution in [2.24, 2.45) is 0 Å². The average Bonchev–Trinajstić information content (AvgIpc) is 2.49. The van der Waals surface area contributed by atoms with E-state index in [1.807, 2.05) is 28.8 Å². The molecule has 0 aliphatic rings. The van der Waals surface area contributed by atoms with E-state index >= 15 is 0 Å². The molecule has 0 aliphatic carbocycles. The van der Waals surface area contributed by atoms with Crippen molar-refractivity contribution in [2.45, 2.75) is 51.0 Å². The third-order valence-electron chi connectivity index (χ3n) is 3.21. The molecule has 1 aromatic rings. The highest BCUT2D eigenvalue weighted by Gasteiger charge is 2.25. The summed E-state index contributed by atoms with van der Waals surface area (Å²) < 4.78 is -1.94. The van der Waals surface area contributed by atoms with E-state index in [1.54, 1.807) is 12.1 Å². The summed E-state index contributed by atoms with van der Waals surface area (Å²) in [7, 11) is 0. The van der Waals surface area contributed by atoms with Crippen LogP contribution < -0.4 is 10.4 Å². The highest BCUT2D eigenvalue weighted by Crippen LogP contribution is 2.69. The van der Waals surface area contributed by atoms with E-state index < -0.39 is 4.59 Å². The molecule has 2 N–H and O–H groups in total. The lowest BCUT2D eigenvalue weighted by molar-refractivity contribution is 0.910. The topological polar surface area (TPSA) is 24.1 Å². The highest BCUT2D eigenvalue weighted by molar-refractivity contribution is 9.00. The van der Waals surface area contributed by atoms with E-state index in [-0.39, 0.29) is 0 Å². The van der Waals surface area contributed by atoms with Gasteiger partial charge in [-0.05, 0) is 43.3 Å². The molecule has 0 aromatic heterocycles. The molecule has 0 fully saturated rings. The number of hydrogen-bond acceptors (Lipinski definition) is 4. The minimum absolute atomic E-state index is 0.488. The number of anilines is 1. The van der Waals surface area contributed by atoms with Crippen LogP contribution in [0.4, 0.5) is 5.69 Å². The van der Waals surface area contributed by atoms with E-state index in [0.29, 0.717) is 25.7 Å². The van der Waals surface area contributed by atoms with Crippen LogP contribution in [0, 0.1) is 0 Å². The lowest BCUT2D eigenvalue weighted by atomic mass is 10.3. The Hall–Kier alpha value is 0.840. The van der Waals surface area contributed by atoms with Gasteiger partial charge in [0.25, 0.3) is 0 Å². The molecule has 9 heteroatoms. The molecule has 0 spiro atoms. The summed E-state index contributed by atoms with van der Waals surface area (Å²) in [6.45, 7) is 8.76. The van der Waals surface area contributed by atoms with Crippen molar-refractivity contribution >= 4 is 85.4 Å². The summed E-state index contributed by atoms with van der Waals surface area (Å²) >= 11 is 27.2. The van der Waals surface area contributed by atoms with Crippen LogP contribution in [0.5, 0.6) is 0 Å². The van der Waals surface area contributed by atoms with E-state index in [1.165, 1.54) is 0 Å². The second-order valence-corrected chi connectivity index (χ2v) is 18.1. The maximum Gasteiger partial charge on any atom is 0.175 e. The van der Waals surface area contributed by atoms with Gasteiger partial charge in [0.2, 0.25) is 0 Å². The van der Waals surface area contributed by atoms with Crippen LogP contribution in [0.15, 0.2) is 18.2 Å². The molecule has 0 amide bonds. The highest BCUT2D eigenvalue weighted by atomic mass is 35.5. The largest absolute Gasteiger partial charge is 0.331 e. The molecule has 0 saturated carbocycles. The summed E-state index contributed by atoms with van der Waals surface area (Å²) in [5.41, 5.74) is 0.724. The first-order valence-corrected chi connectivity index (χ1v) is 14.6. The predicted octanol–water partition coefficient (Wildman–Crippen LogP) is 7.57. The van der Waals surface area contributed by atoms with Crippen LogP contribution in [0.25, 0.3) is 0 Å². The van der Waals surface area contributed by atoms with Crippen molar-refractivity contribution in [3.8, 4) is 0 Å². The summed E-state index contributed by atoms with van der Waals surface area (Å²) in [4.78, 5) is 0. The molecule has 1 aromatic carbocycles. The Morgan fingerprint density at radius 1 is 1.17 bits per heavy atom. The van der Waals surface area contributed by atoms with Crippen molar-refractivity contribution in [1.29, 1.82) is 0 Å². The monoisotopic (exact) mass is 460 g/mol. The van der Waals surface area contributed by atoms with Crippen LogP contribution in [0.1, 0.15) is 40.5 Å². The number of benzene rings is 1. The maximum atomic E-state index is 6.20. The lowest BCUT2D eigenvalue weighted by Crippen LogP contribution is -2.25. The van der Waals surface area contributed by atoms with Gasteiger partial charge in [-0.25, -0.2) is 0 Å². The number of rotatable bonds is 8. The van der Waals surface area contributed by atoms with Crippen molar-refractivity contribution < 1.29 is 0 Å². The lowest BCUT2D eigenvalue weighted by Gasteiger charge is -2.28. The van der Waals surface area contributed by atoms with Crippen LogP contribution in [0.3, 0.4) is 0 Å². The molecule has 2 atom stereocenters. The quantitative estimate of drug-likeness (QED) is 0.306. The Balaban J connectivity index is 2.84. The smallest absolute Gasteiger partial charge is 0.175 e. The fraction of sp³-hybridized carbons (Fsp3) is 0.533. The van der Waals surface area contributed by atoms with Crippen molar-refractivity contribution in [2.75, 3.05) is 5.32 Å². The van der Waals surface area contributed by atoms with Crippen LogP contribution >= 0.6 is 62.8 Å². The normalized spacial score (nSPS) is 16.1. The van der Waals surface area contributed by atoms with Gasteiger partial charge in [-0.15, -0.1) is 0 Å². The van der Waals surface area contributed by atoms with Gasteiger partial charge < -0.3 is 10.4 Å². The van der Waals surface area contributed by atoms with Crippen LogP contribution in [-0.4, -0.2) is 15.6 Å². The molecule has 24 heavy (non-hydrogen) atoms. The summed E-state index contributed by atoms with van der Waals surface area (Å²) in [5.74, 6) is 0.